The van der Waals surface area contributed by atoms with E-state index in [0.717, 1.165) is 16.1 Å². The Balaban J connectivity index is 2.03. The second kappa shape index (κ2) is 4.72. The molecule has 1 amide bonds. The lowest BCUT2D eigenvalue weighted by molar-refractivity contribution is 0.102. The number of pyridine rings is 1. The molecule has 0 aromatic carbocycles. The molecule has 3 rings (SSSR count). The third-order valence-corrected chi connectivity index (χ3v) is 3.90. The van der Waals surface area contributed by atoms with Crippen molar-refractivity contribution < 1.29 is 4.79 Å². The van der Waals surface area contributed by atoms with Gasteiger partial charge in [-0.15, -0.1) is 11.3 Å². The molecule has 0 atom stereocenters. The minimum atomic E-state index is -0.185. The van der Waals surface area contributed by atoms with Gasteiger partial charge in [-0.2, -0.15) is 0 Å². The molecule has 3 aromatic rings. The number of nitrogens with zero attached hydrogens (tertiary/aromatic N) is 3. The summed E-state index contributed by atoms with van der Waals surface area (Å²) in [6.07, 6.45) is 3.59. The van der Waals surface area contributed by atoms with Crippen LogP contribution in [-0.2, 0) is 0 Å². The molecule has 3 heterocycles. The number of aromatic nitrogens is 3. The average Bonchev–Trinajstić information content (AvgIpc) is 2.93. The van der Waals surface area contributed by atoms with Crippen molar-refractivity contribution in [3.63, 3.8) is 0 Å². The van der Waals surface area contributed by atoms with Gasteiger partial charge >= 0.3 is 0 Å². The predicted molar refractivity (Wildman–Crippen MR) is 79.5 cm³/mol. The molecule has 1 N–H and O–H groups in total. The highest BCUT2D eigenvalue weighted by atomic mass is 32.1. The van der Waals surface area contributed by atoms with Crippen molar-refractivity contribution in [3.05, 3.63) is 46.4 Å². The Bertz CT molecular complexity index is 803. The second-order valence-corrected chi connectivity index (χ2v) is 5.90. The number of nitrogens with one attached hydrogen (secondary N) is 1. The van der Waals surface area contributed by atoms with Crippen molar-refractivity contribution >= 4 is 28.0 Å². The molecule has 0 saturated carbocycles. The highest BCUT2D eigenvalue weighted by Gasteiger charge is 2.18. The number of fused-ring (bicyclic) bond motifs is 1. The van der Waals surface area contributed by atoms with Crippen LogP contribution in [0.3, 0.4) is 0 Å². The van der Waals surface area contributed by atoms with Gasteiger partial charge in [-0.1, -0.05) is 6.07 Å². The van der Waals surface area contributed by atoms with E-state index in [4.69, 9.17) is 0 Å². The summed E-state index contributed by atoms with van der Waals surface area (Å²) in [6, 6.07) is 3.89. The second-order valence-electron chi connectivity index (χ2n) is 4.66. The summed E-state index contributed by atoms with van der Waals surface area (Å²) in [5.74, 6) is -0.185. The maximum Gasteiger partial charge on any atom is 0.276 e. The summed E-state index contributed by atoms with van der Waals surface area (Å²) < 4.78 is 1.82. The van der Waals surface area contributed by atoms with Gasteiger partial charge in [0.1, 0.15) is 11.3 Å². The van der Waals surface area contributed by atoms with Gasteiger partial charge in [0.15, 0.2) is 5.13 Å². The first-order valence-corrected chi connectivity index (χ1v) is 7.06. The summed E-state index contributed by atoms with van der Waals surface area (Å²) in [6.45, 7) is 5.78. The van der Waals surface area contributed by atoms with Crippen LogP contribution in [0.2, 0.25) is 0 Å². The van der Waals surface area contributed by atoms with Gasteiger partial charge in [-0.25, -0.2) is 9.97 Å². The smallest absolute Gasteiger partial charge is 0.276 e. The first-order chi connectivity index (χ1) is 9.56. The van der Waals surface area contributed by atoms with Gasteiger partial charge in [-0.3, -0.25) is 14.5 Å². The summed E-state index contributed by atoms with van der Waals surface area (Å²) in [5.41, 5.74) is 3.12. The summed E-state index contributed by atoms with van der Waals surface area (Å²) in [5, 5.41) is 3.43. The highest BCUT2D eigenvalue weighted by molar-refractivity contribution is 7.15. The SMILES string of the molecule is Cc1cnc(NC(=O)c2c(C)nc3c(C)cccn23)s1. The lowest BCUT2D eigenvalue weighted by atomic mass is 10.3. The molecular formula is C14H14N4OS. The number of aryl methyl sites for hydroxylation is 3. The molecule has 20 heavy (non-hydrogen) atoms. The van der Waals surface area contributed by atoms with Crippen LogP contribution < -0.4 is 5.32 Å². The molecule has 0 aliphatic carbocycles. The van der Waals surface area contributed by atoms with Crippen molar-refractivity contribution in [2.75, 3.05) is 5.32 Å². The fourth-order valence-corrected chi connectivity index (χ4v) is 2.82. The lowest BCUT2D eigenvalue weighted by Gasteiger charge is -2.03. The minimum absolute atomic E-state index is 0.185. The molecule has 0 aliphatic rings. The summed E-state index contributed by atoms with van der Waals surface area (Å²) >= 11 is 1.46. The first-order valence-electron chi connectivity index (χ1n) is 6.24. The largest absolute Gasteiger partial charge is 0.296 e. The molecule has 102 valence electrons. The number of anilines is 1. The molecule has 0 saturated heterocycles. The fraction of sp³-hybridized carbons (Fsp3) is 0.214. The molecular weight excluding hydrogens is 272 g/mol. The molecule has 3 aromatic heterocycles. The van der Waals surface area contributed by atoms with Gasteiger partial charge in [0.2, 0.25) is 0 Å². The molecule has 0 unspecified atom stereocenters. The Morgan fingerprint density at radius 3 is 2.85 bits per heavy atom. The summed E-state index contributed by atoms with van der Waals surface area (Å²) in [7, 11) is 0. The van der Waals surface area contributed by atoms with Crippen LogP contribution in [0.15, 0.2) is 24.5 Å². The normalized spacial score (nSPS) is 10.9. The number of amides is 1. The van der Waals surface area contributed by atoms with Crippen molar-refractivity contribution in [1.29, 1.82) is 0 Å². The van der Waals surface area contributed by atoms with Crippen LogP contribution in [0.1, 0.15) is 26.6 Å². The van der Waals surface area contributed by atoms with E-state index in [1.165, 1.54) is 11.3 Å². The van der Waals surface area contributed by atoms with Crippen LogP contribution in [0.25, 0.3) is 5.65 Å². The van der Waals surface area contributed by atoms with Gasteiger partial charge in [-0.05, 0) is 32.4 Å². The third-order valence-electron chi connectivity index (χ3n) is 3.08. The predicted octanol–water partition coefficient (Wildman–Crippen LogP) is 2.97. The van der Waals surface area contributed by atoms with E-state index in [2.05, 4.69) is 15.3 Å². The monoisotopic (exact) mass is 286 g/mol. The lowest BCUT2D eigenvalue weighted by Crippen LogP contribution is -2.15. The molecule has 0 spiro atoms. The number of thiazole rings is 1. The Kier molecular flexibility index (Phi) is 3.02. The number of imidazole rings is 1. The first kappa shape index (κ1) is 12.8. The zero-order valence-corrected chi connectivity index (χ0v) is 12.3. The van der Waals surface area contributed by atoms with E-state index in [1.807, 2.05) is 43.5 Å². The Labute approximate surface area is 120 Å². The molecule has 0 radical (unpaired) electrons. The topological polar surface area (TPSA) is 59.3 Å². The van der Waals surface area contributed by atoms with Crippen LogP contribution in [-0.4, -0.2) is 20.3 Å². The van der Waals surface area contributed by atoms with Crippen LogP contribution in [0, 0.1) is 20.8 Å². The zero-order valence-electron chi connectivity index (χ0n) is 11.5. The van der Waals surface area contributed by atoms with Gasteiger partial charge in [0.25, 0.3) is 5.91 Å². The standard InChI is InChI=1S/C14H14N4OS/c1-8-5-4-6-18-11(10(3)16-12(8)18)13(19)17-14-15-7-9(2)20-14/h4-7H,1-3H3,(H,15,17,19). The number of carbonyl (C=O) groups excluding carboxylic acids is 1. The van der Waals surface area contributed by atoms with Crippen LogP contribution >= 0.6 is 11.3 Å². The van der Waals surface area contributed by atoms with Crippen molar-refractivity contribution in [1.82, 2.24) is 14.4 Å². The quantitative estimate of drug-likeness (QED) is 0.788. The third kappa shape index (κ3) is 2.08. The highest BCUT2D eigenvalue weighted by Crippen LogP contribution is 2.20. The van der Waals surface area contributed by atoms with Gasteiger partial charge in [0, 0.05) is 17.3 Å². The molecule has 5 nitrogen and oxygen atoms in total. The number of rotatable bonds is 2. The van der Waals surface area contributed by atoms with Crippen LogP contribution in [0.5, 0.6) is 0 Å². The van der Waals surface area contributed by atoms with E-state index < -0.39 is 0 Å². The Morgan fingerprint density at radius 2 is 2.15 bits per heavy atom. The maximum atomic E-state index is 12.4. The molecule has 0 aliphatic heterocycles. The van der Waals surface area contributed by atoms with Gasteiger partial charge in [0.05, 0.1) is 5.69 Å². The number of carbonyl (C=O) groups is 1. The van der Waals surface area contributed by atoms with E-state index in [1.54, 1.807) is 6.20 Å². The fourth-order valence-electron chi connectivity index (χ4n) is 2.16. The van der Waals surface area contributed by atoms with Crippen molar-refractivity contribution in [2.45, 2.75) is 20.8 Å². The summed E-state index contributed by atoms with van der Waals surface area (Å²) in [4.78, 5) is 22.1. The van der Waals surface area contributed by atoms with Crippen LogP contribution in [0.4, 0.5) is 5.13 Å². The molecule has 0 fully saturated rings. The van der Waals surface area contributed by atoms with E-state index >= 15 is 0 Å². The van der Waals surface area contributed by atoms with Gasteiger partial charge < -0.3 is 0 Å². The van der Waals surface area contributed by atoms with Crippen molar-refractivity contribution in [3.8, 4) is 0 Å². The number of hydrogen-bond acceptors (Lipinski definition) is 4. The average molecular weight is 286 g/mol. The molecule has 6 heteroatoms. The Hall–Kier alpha value is -2.21. The van der Waals surface area contributed by atoms with E-state index in [9.17, 15) is 4.79 Å². The zero-order chi connectivity index (χ0) is 14.3. The molecule has 0 bridgehead atoms. The Morgan fingerprint density at radius 1 is 1.35 bits per heavy atom. The number of hydrogen-bond donors (Lipinski definition) is 1. The van der Waals surface area contributed by atoms with E-state index in [-0.39, 0.29) is 5.91 Å². The van der Waals surface area contributed by atoms with Crippen molar-refractivity contribution in [2.24, 2.45) is 0 Å². The van der Waals surface area contributed by atoms with E-state index in [0.29, 0.717) is 16.5 Å². The maximum absolute atomic E-state index is 12.4. The minimum Gasteiger partial charge on any atom is -0.296 e.